The van der Waals surface area contributed by atoms with E-state index in [4.69, 9.17) is 5.11 Å². The molecule has 0 aromatic heterocycles. The lowest BCUT2D eigenvalue weighted by molar-refractivity contribution is -0.135. The van der Waals surface area contributed by atoms with Crippen molar-refractivity contribution in [3.63, 3.8) is 0 Å². The van der Waals surface area contributed by atoms with Gasteiger partial charge in [-0.25, -0.2) is 0 Å². The summed E-state index contributed by atoms with van der Waals surface area (Å²) in [6, 6.07) is 0. The number of rotatable bonds is 5. The van der Waals surface area contributed by atoms with E-state index in [-0.39, 0.29) is 12.5 Å². The molecule has 1 N–H and O–H groups in total. The maximum atomic E-state index is 12.0. The molecule has 3 heteroatoms. The van der Waals surface area contributed by atoms with Crippen LogP contribution in [-0.2, 0) is 4.79 Å². The molecule has 0 atom stereocenters. The molecule has 3 nitrogen and oxygen atoms in total. The summed E-state index contributed by atoms with van der Waals surface area (Å²) in [5.41, 5.74) is 0.443. The Bertz CT molecular complexity index is 317. The van der Waals surface area contributed by atoms with Crippen molar-refractivity contribution in [2.45, 2.75) is 51.4 Å². The summed E-state index contributed by atoms with van der Waals surface area (Å²) >= 11 is 0. The molecule has 0 unspecified atom stereocenters. The second-order valence-electron chi connectivity index (χ2n) is 7.49. The van der Waals surface area contributed by atoms with Gasteiger partial charge in [0.15, 0.2) is 0 Å². The topological polar surface area (TPSA) is 40.5 Å². The lowest BCUT2D eigenvalue weighted by atomic mass is 9.49. The minimum atomic E-state index is 0.122. The van der Waals surface area contributed by atoms with Crippen molar-refractivity contribution in [2.75, 3.05) is 20.2 Å². The molecule has 108 valence electrons. The Kier molecular flexibility index (Phi) is 3.59. The Balaban J connectivity index is 1.61. The van der Waals surface area contributed by atoms with E-state index in [1.807, 2.05) is 11.9 Å². The Morgan fingerprint density at radius 3 is 2.16 bits per heavy atom. The lowest BCUT2D eigenvalue weighted by Gasteiger charge is -2.57. The summed E-state index contributed by atoms with van der Waals surface area (Å²) in [4.78, 5) is 14.0. The van der Waals surface area contributed by atoms with Gasteiger partial charge in [-0.2, -0.15) is 0 Å². The number of aliphatic hydroxyl groups excluding tert-OH is 1. The highest BCUT2D eigenvalue weighted by Gasteiger charge is 2.51. The van der Waals surface area contributed by atoms with Crippen molar-refractivity contribution in [1.82, 2.24) is 4.90 Å². The van der Waals surface area contributed by atoms with Gasteiger partial charge < -0.3 is 10.0 Å². The van der Waals surface area contributed by atoms with Gasteiger partial charge in [0, 0.05) is 26.6 Å². The molecule has 0 aliphatic heterocycles. The zero-order valence-electron chi connectivity index (χ0n) is 12.1. The molecule has 1 amide bonds. The van der Waals surface area contributed by atoms with Gasteiger partial charge >= 0.3 is 0 Å². The average molecular weight is 265 g/mol. The van der Waals surface area contributed by atoms with Crippen molar-refractivity contribution < 1.29 is 9.90 Å². The number of hydrogen-bond acceptors (Lipinski definition) is 2. The molecule has 0 aromatic rings. The van der Waals surface area contributed by atoms with Crippen LogP contribution >= 0.6 is 0 Å². The normalized spacial score (nSPS) is 39.6. The molecule has 4 rings (SSSR count). The van der Waals surface area contributed by atoms with Gasteiger partial charge in [-0.05, 0) is 68.1 Å². The van der Waals surface area contributed by atoms with Gasteiger partial charge in [-0.1, -0.05) is 0 Å². The Labute approximate surface area is 116 Å². The van der Waals surface area contributed by atoms with Crippen LogP contribution in [0.25, 0.3) is 0 Å². The molecular formula is C16H27NO2. The molecule has 0 heterocycles. The second-order valence-corrected chi connectivity index (χ2v) is 7.49. The van der Waals surface area contributed by atoms with Gasteiger partial charge in [-0.15, -0.1) is 0 Å². The first-order chi connectivity index (χ1) is 9.10. The third-order valence-corrected chi connectivity index (χ3v) is 5.71. The van der Waals surface area contributed by atoms with E-state index in [1.165, 1.54) is 38.5 Å². The third kappa shape index (κ3) is 2.67. The van der Waals surface area contributed by atoms with Crippen LogP contribution in [-0.4, -0.2) is 36.1 Å². The van der Waals surface area contributed by atoms with Crippen LogP contribution in [0.15, 0.2) is 0 Å². The number of nitrogens with zero attached hydrogens (tertiary/aromatic N) is 1. The predicted molar refractivity (Wildman–Crippen MR) is 74.6 cm³/mol. The van der Waals surface area contributed by atoms with E-state index >= 15 is 0 Å². The fourth-order valence-corrected chi connectivity index (χ4v) is 5.50. The van der Waals surface area contributed by atoms with Crippen LogP contribution in [0.3, 0.4) is 0 Å². The fourth-order valence-electron chi connectivity index (χ4n) is 5.50. The van der Waals surface area contributed by atoms with Crippen molar-refractivity contribution >= 4 is 5.91 Å². The molecule has 4 bridgehead atoms. The maximum absolute atomic E-state index is 12.0. The maximum Gasteiger partial charge on any atom is 0.222 e. The minimum absolute atomic E-state index is 0.122. The van der Waals surface area contributed by atoms with Gasteiger partial charge in [-0.3, -0.25) is 4.79 Å². The molecule has 19 heavy (non-hydrogen) atoms. The number of carbonyl (C=O) groups excluding carboxylic acids is 1. The average Bonchev–Trinajstić information content (AvgIpc) is 2.33. The van der Waals surface area contributed by atoms with Gasteiger partial charge in [0.1, 0.15) is 0 Å². The van der Waals surface area contributed by atoms with Crippen LogP contribution < -0.4 is 0 Å². The molecule has 4 saturated carbocycles. The Morgan fingerprint density at radius 2 is 1.68 bits per heavy atom. The Hall–Kier alpha value is -0.570. The molecule has 4 aliphatic carbocycles. The van der Waals surface area contributed by atoms with Crippen LogP contribution in [0.4, 0.5) is 0 Å². The van der Waals surface area contributed by atoms with Gasteiger partial charge in [0.2, 0.25) is 5.91 Å². The zero-order chi connectivity index (χ0) is 13.5. The number of hydrogen-bond donors (Lipinski definition) is 1. The molecule has 4 fully saturated rings. The van der Waals surface area contributed by atoms with Gasteiger partial charge in [0.05, 0.1) is 0 Å². The predicted octanol–water partition coefficient (Wildman–Crippen LogP) is 2.43. The summed E-state index contributed by atoms with van der Waals surface area (Å²) in [5.74, 6) is 3.07. The van der Waals surface area contributed by atoms with E-state index in [0.717, 1.165) is 24.3 Å². The van der Waals surface area contributed by atoms with Crippen molar-refractivity contribution in [3.05, 3.63) is 0 Å². The monoisotopic (exact) mass is 265 g/mol. The summed E-state index contributed by atoms with van der Waals surface area (Å²) in [7, 11) is 1.96. The quantitative estimate of drug-likeness (QED) is 0.829. The largest absolute Gasteiger partial charge is 0.396 e. The number of amides is 1. The SMILES string of the molecule is CN(CC12CC3CC(CC(C3)C1)C2)C(=O)CCCO. The summed E-state index contributed by atoms with van der Waals surface area (Å²) in [6.45, 7) is 1.08. The van der Waals surface area contributed by atoms with E-state index in [0.29, 0.717) is 18.3 Å². The van der Waals surface area contributed by atoms with E-state index in [2.05, 4.69) is 0 Å². The van der Waals surface area contributed by atoms with Crippen molar-refractivity contribution in [2.24, 2.45) is 23.2 Å². The van der Waals surface area contributed by atoms with Crippen molar-refractivity contribution in [1.29, 1.82) is 0 Å². The first kappa shape index (κ1) is 13.4. The van der Waals surface area contributed by atoms with Crippen LogP contribution in [0, 0.1) is 23.2 Å². The zero-order valence-corrected chi connectivity index (χ0v) is 12.1. The summed E-state index contributed by atoms with van der Waals surface area (Å²) in [6.07, 6.45) is 9.55. The Morgan fingerprint density at radius 1 is 1.16 bits per heavy atom. The molecule has 0 radical (unpaired) electrons. The first-order valence-corrected chi connectivity index (χ1v) is 7.95. The van der Waals surface area contributed by atoms with Crippen LogP contribution in [0.5, 0.6) is 0 Å². The highest BCUT2D eigenvalue weighted by molar-refractivity contribution is 5.75. The fraction of sp³-hybridized carbons (Fsp3) is 0.938. The van der Waals surface area contributed by atoms with E-state index < -0.39 is 0 Å². The lowest BCUT2D eigenvalue weighted by Crippen LogP contribution is -2.51. The second kappa shape index (κ2) is 5.08. The molecule has 0 aromatic carbocycles. The molecule has 0 saturated heterocycles. The third-order valence-electron chi connectivity index (χ3n) is 5.71. The molecule has 4 aliphatic rings. The standard InChI is InChI=1S/C16H27NO2/c1-17(15(19)3-2-4-18)11-16-8-12-5-13(9-16)7-14(6-12)10-16/h12-14,18H,2-11H2,1H3. The highest BCUT2D eigenvalue weighted by atomic mass is 16.3. The van der Waals surface area contributed by atoms with Crippen LogP contribution in [0.2, 0.25) is 0 Å². The highest BCUT2D eigenvalue weighted by Crippen LogP contribution is 2.60. The first-order valence-electron chi connectivity index (χ1n) is 7.95. The summed E-state index contributed by atoms with van der Waals surface area (Å²) in [5, 5.41) is 8.83. The number of carbonyl (C=O) groups is 1. The van der Waals surface area contributed by atoms with E-state index in [9.17, 15) is 4.79 Å². The smallest absolute Gasteiger partial charge is 0.222 e. The van der Waals surface area contributed by atoms with Crippen molar-refractivity contribution in [3.8, 4) is 0 Å². The van der Waals surface area contributed by atoms with Gasteiger partial charge in [0.25, 0.3) is 0 Å². The molecule has 0 spiro atoms. The van der Waals surface area contributed by atoms with E-state index in [1.54, 1.807) is 0 Å². The molecular weight excluding hydrogens is 238 g/mol. The summed E-state index contributed by atoms with van der Waals surface area (Å²) < 4.78 is 0. The van der Waals surface area contributed by atoms with Crippen LogP contribution in [0.1, 0.15) is 51.4 Å². The number of aliphatic hydroxyl groups is 1. The minimum Gasteiger partial charge on any atom is -0.396 e.